The number of hydrogen-bond acceptors (Lipinski definition) is 2. The fourth-order valence-electron chi connectivity index (χ4n) is 1.76. The lowest BCUT2D eigenvalue weighted by Crippen LogP contribution is -2.13. The molecule has 0 bridgehead atoms. The SMILES string of the molecule is CC(CCCCBr)OCCOCc1c(Cl)cccc1Cl. The van der Waals surface area contributed by atoms with Crippen molar-refractivity contribution < 1.29 is 9.47 Å². The van der Waals surface area contributed by atoms with Crippen molar-refractivity contribution in [2.75, 3.05) is 18.5 Å². The van der Waals surface area contributed by atoms with Crippen LogP contribution in [0.1, 0.15) is 31.7 Å². The van der Waals surface area contributed by atoms with Gasteiger partial charge >= 0.3 is 0 Å². The van der Waals surface area contributed by atoms with E-state index in [0.29, 0.717) is 29.9 Å². The summed E-state index contributed by atoms with van der Waals surface area (Å²) >= 11 is 15.6. The molecule has 0 heterocycles. The second-order valence-corrected chi connectivity index (χ2v) is 6.23. The van der Waals surface area contributed by atoms with Crippen LogP contribution in [0.15, 0.2) is 18.2 Å². The lowest BCUT2D eigenvalue weighted by atomic mass is 10.2. The van der Waals surface area contributed by atoms with Gasteiger partial charge in [0.2, 0.25) is 0 Å². The van der Waals surface area contributed by atoms with Crippen LogP contribution in [0.25, 0.3) is 0 Å². The Morgan fingerprint density at radius 3 is 2.50 bits per heavy atom. The third kappa shape index (κ3) is 7.28. The van der Waals surface area contributed by atoms with E-state index in [1.54, 1.807) is 0 Å². The van der Waals surface area contributed by atoms with E-state index in [-0.39, 0.29) is 6.10 Å². The number of alkyl halides is 1. The number of unbranched alkanes of at least 4 members (excludes halogenated alkanes) is 1. The molecular weight excluding hydrogens is 363 g/mol. The van der Waals surface area contributed by atoms with Gasteiger partial charge in [-0.1, -0.05) is 51.6 Å². The van der Waals surface area contributed by atoms with E-state index in [4.69, 9.17) is 32.7 Å². The number of hydrogen-bond donors (Lipinski definition) is 0. The number of halogens is 3. The highest BCUT2D eigenvalue weighted by Crippen LogP contribution is 2.24. The highest BCUT2D eigenvalue weighted by Gasteiger charge is 2.06. The van der Waals surface area contributed by atoms with E-state index < -0.39 is 0 Å². The fourth-order valence-corrected chi connectivity index (χ4v) is 2.67. The summed E-state index contributed by atoms with van der Waals surface area (Å²) in [6.45, 7) is 3.65. The van der Waals surface area contributed by atoms with Gasteiger partial charge in [0.1, 0.15) is 0 Å². The molecular formula is C15H21BrCl2O2. The van der Waals surface area contributed by atoms with Gasteiger partial charge in [-0.15, -0.1) is 0 Å². The second-order valence-electron chi connectivity index (χ2n) is 4.62. The minimum absolute atomic E-state index is 0.279. The zero-order chi connectivity index (χ0) is 14.8. The molecule has 1 atom stereocenters. The van der Waals surface area contributed by atoms with Crippen LogP contribution in [0, 0.1) is 0 Å². The average molecular weight is 384 g/mol. The Labute approximate surface area is 139 Å². The van der Waals surface area contributed by atoms with Crippen LogP contribution in [0.5, 0.6) is 0 Å². The monoisotopic (exact) mass is 382 g/mol. The van der Waals surface area contributed by atoms with Crippen molar-refractivity contribution in [2.45, 2.75) is 38.9 Å². The highest BCUT2D eigenvalue weighted by molar-refractivity contribution is 9.09. The summed E-state index contributed by atoms with van der Waals surface area (Å²) in [5.74, 6) is 0. The lowest BCUT2D eigenvalue weighted by molar-refractivity contribution is 0.00393. The van der Waals surface area contributed by atoms with Gasteiger partial charge < -0.3 is 9.47 Å². The Morgan fingerprint density at radius 2 is 1.85 bits per heavy atom. The van der Waals surface area contributed by atoms with Gasteiger partial charge in [0.15, 0.2) is 0 Å². The standard InChI is InChI=1S/C15H21BrCl2O2/c1-12(5-2-3-8-16)20-10-9-19-11-13-14(17)6-4-7-15(13)18/h4,6-7,12H,2-3,5,8-11H2,1H3. The number of benzene rings is 1. The molecule has 1 rings (SSSR count). The molecule has 20 heavy (non-hydrogen) atoms. The van der Waals surface area contributed by atoms with Gasteiger partial charge in [-0.05, 0) is 31.9 Å². The molecule has 0 aromatic heterocycles. The molecule has 0 spiro atoms. The second kappa shape index (κ2) is 10.9. The minimum atomic E-state index is 0.279. The molecule has 0 N–H and O–H groups in total. The van der Waals surface area contributed by atoms with Crippen molar-refractivity contribution in [2.24, 2.45) is 0 Å². The smallest absolute Gasteiger partial charge is 0.0747 e. The predicted octanol–water partition coefficient (Wildman–Crippen LogP) is 5.48. The molecule has 0 saturated carbocycles. The van der Waals surface area contributed by atoms with E-state index in [9.17, 15) is 0 Å². The normalized spacial score (nSPS) is 12.6. The zero-order valence-corrected chi connectivity index (χ0v) is 14.8. The van der Waals surface area contributed by atoms with E-state index in [2.05, 4.69) is 22.9 Å². The Kier molecular flexibility index (Phi) is 9.91. The molecule has 2 nitrogen and oxygen atoms in total. The first-order valence-electron chi connectivity index (χ1n) is 6.83. The predicted molar refractivity (Wildman–Crippen MR) is 89.2 cm³/mol. The third-order valence-corrected chi connectivity index (χ3v) is 4.20. The Morgan fingerprint density at radius 1 is 1.15 bits per heavy atom. The molecule has 5 heteroatoms. The largest absolute Gasteiger partial charge is 0.376 e. The van der Waals surface area contributed by atoms with E-state index in [1.807, 2.05) is 18.2 Å². The zero-order valence-electron chi connectivity index (χ0n) is 11.7. The van der Waals surface area contributed by atoms with Crippen molar-refractivity contribution in [1.29, 1.82) is 0 Å². The van der Waals surface area contributed by atoms with Crippen LogP contribution in [0.2, 0.25) is 10.0 Å². The maximum Gasteiger partial charge on any atom is 0.0747 e. The summed E-state index contributed by atoms with van der Waals surface area (Å²) in [7, 11) is 0. The maximum absolute atomic E-state index is 6.06. The molecule has 0 fully saturated rings. The van der Waals surface area contributed by atoms with Gasteiger partial charge in [-0.2, -0.15) is 0 Å². The molecule has 0 saturated heterocycles. The Hall–Kier alpha value is 0.200. The molecule has 114 valence electrons. The molecule has 1 aromatic rings. The van der Waals surface area contributed by atoms with Gasteiger partial charge in [-0.25, -0.2) is 0 Å². The van der Waals surface area contributed by atoms with Crippen molar-refractivity contribution in [3.8, 4) is 0 Å². The number of rotatable bonds is 10. The van der Waals surface area contributed by atoms with Crippen LogP contribution < -0.4 is 0 Å². The molecule has 0 aliphatic rings. The minimum Gasteiger partial charge on any atom is -0.376 e. The van der Waals surface area contributed by atoms with Crippen LogP contribution in [-0.4, -0.2) is 24.6 Å². The maximum atomic E-state index is 6.06. The summed E-state index contributed by atoms with van der Waals surface area (Å²) in [6.07, 6.45) is 3.74. The molecule has 1 aromatic carbocycles. The van der Waals surface area contributed by atoms with Crippen LogP contribution >= 0.6 is 39.1 Å². The Bertz CT molecular complexity index is 368. The number of ether oxygens (including phenoxy) is 2. The van der Waals surface area contributed by atoms with Gasteiger partial charge in [0.05, 0.1) is 25.9 Å². The van der Waals surface area contributed by atoms with Gasteiger partial charge in [-0.3, -0.25) is 0 Å². The molecule has 0 amide bonds. The van der Waals surface area contributed by atoms with Crippen molar-refractivity contribution in [3.05, 3.63) is 33.8 Å². The average Bonchev–Trinajstić information content (AvgIpc) is 2.41. The van der Waals surface area contributed by atoms with Crippen molar-refractivity contribution >= 4 is 39.1 Å². The third-order valence-electron chi connectivity index (χ3n) is 2.93. The quantitative estimate of drug-likeness (QED) is 0.393. The van der Waals surface area contributed by atoms with Crippen LogP contribution in [0.3, 0.4) is 0 Å². The summed E-state index contributed by atoms with van der Waals surface area (Å²) in [5.41, 5.74) is 0.834. The van der Waals surface area contributed by atoms with Gasteiger partial charge in [0, 0.05) is 20.9 Å². The van der Waals surface area contributed by atoms with Crippen molar-refractivity contribution in [3.63, 3.8) is 0 Å². The van der Waals surface area contributed by atoms with Crippen molar-refractivity contribution in [1.82, 2.24) is 0 Å². The molecule has 0 aliphatic heterocycles. The first kappa shape index (κ1) is 18.2. The summed E-state index contributed by atoms with van der Waals surface area (Å²) in [6, 6.07) is 5.45. The Balaban J connectivity index is 2.13. The first-order valence-corrected chi connectivity index (χ1v) is 8.71. The van der Waals surface area contributed by atoms with Gasteiger partial charge in [0.25, 0.3) is 0 Å². The lowest BCUT2D eigenvalue weighted by Gasteiger charge is -2.13. The van der Waals surface area contributed by atoms with E-state index in [1.165, 1.54) is 12.8 Å². The summed E-state index contributed by atoms with van der Waals surface area (Å²) in [5, 5.41) is 2.34. The van der Waals surface area contributed by atoms with Crippen LogP contribution in [-0.2, 0) is 16.1 Å². The van der Waals surface area contributed by atoms with E-state index in [0.717, 1.165) is 17.3 Å². The van der Waals surface area contributed by atoms with E-state index >= 15 is 0 Å². The highest BCUT2D eigenvalue weighted by atomic mass is 79.9. The molecule has 0 radical (unpaired) electrons. The van der Waals surface area contributed by atoms with Crippen LogP contribution in [0.4, 0.5) is 0 Å². The fraction of sp³-hybridized carbons (Fsp3) is 0.600. The molecule has 0 aliphatic carbocycles. The summed E-state index contributed by atoms with van der Waals surface area (Å²) < 4.78 is 11.2. The molecule has 1 unspecified atom stereocenters. The topological polar surface area (TPSA) is 18.5 Å². The summed E-state index contributed by atoms with van der Waals surface area (Å²) in [4.78, 5) is 0. The first-order chi connectivity index (χ1) is 9.65.